The Hall–Kier alpha value is -2.47. The zero-order valence-electron chi connectivity index (χ0n) is 11.9. The van der Waals surface area contributed by atoms with E-state index in [0.29, 0.717) is 25.5 Å². The number of anilines is 1. The van der Waals surface area contributed by atoms with Gasteiger partial charge in [-0.05, 0) is 18.1 Å². The Morgan fingerprint density at radius 2 is 2.05 bits per heavy atom. The van der Waals surface area contributed by atoms with Gasteiger partial charge in [0, 0.05) is 31.9 Å². The average Bonchev–Trinajstić information content (AvgIpc) is 2.48. The molecular formula is C15H18N4O2. The van der Waals surface area contributed by atoms with Crippen molar-refractivity contribution in [3.8, 4) is 0 Å². The molecule has 0 fully saturated rings. The van der Waals surface area contributed by atoms with Gasteiger partial charge in [-0.1, -0.05) is 30.3 Å². The highest BCUT2D eigenvalue weighted by Crippen LogP contribution is 2.27. The largest absolute Gasteiger partial charge is 0.345 e. The summed E-state index contributed by atoms with van der Waals surface area (Å²) in [5.74, 6) is 0.361. The molecule has 0 aliphatic rings. The molecule has 0 unspecified atom stereocenters. The number of nitrogens with two attached hydrogens (primary N) is 1. The quantitative estimate of drug-likeness (QED) is 0.650. The molecule has 0 saturated carbocycles. The summed E-state index contributed by atoms with van der Waals surface area (Å²) in [6.45, 7) is 3.23. The van der Waals surface area contributed by atoms with Crippen molar-refractivity contribution in [1.29, 1.82) is 0 Å². The second-order valence-corrected chi connectivity index (χ2v) is 4.81. The van der Waals surface area contributed by atoms with Crippen LogP contribution in [0.1, 0.15) is 11.1 Å². The zero-order chi connectivity index (χ0) is 15.2. The molecule has 1 aromatic heterocycles. The van der Waals surface area contributed by atoms with E-state index < -0.39 is 4.92 Å². The van der Waals surface area contributed by atoms with Crippen LogP contribution in [-0.2, 0) is 6.54 Å². The minimum absolute atomic E-state index is 0.0133. The summed E-state index contributed by atoms with van der Waals surface area (Å²) in [5.41, 5.74) is 7.47. The van der Waals surface area contributed by atoms with Gasteiger partial charge in [-0.3, -0.25) is 10.1 Å². The van der Waals surface area contributed by atoms with Gasteiger partial charge in [-0.25, -0.2) is 4.98 Å². The number of rotatable bonds is 6. The molecule has 0 bridgehead atoms. The molecule has 2 aromatic rings. The number of hydrogen-bond donors (Lipinski definition) is 1. The highest BCUT2D eigenvalue weighted by molar-refractivity contribution is 5.58. The van der Waals surface area contributed by atoms with Gasteiger partial charge >= 0.3 is 5.69 Å². The fourth-order valence-electron chi connectivity index (χ4n) is 2.14. The van der Waals surface area contributed by atoms with E-state index in [4.69, 9.17) is 5.73 Å². The van der Waals surface area contributed by atoms with Crippen LogP contribution in [0.2, 0.25) is 0 Å². The maximum Gasteiger partial charge on any atom is 0.311 e. The summed E-state index contributed by atoms with van der Waals surface area (Å²) in [5, 5.41) is 11.2. The number of nitrogens with zero attached hydrogens (tertiary/aromatic N) is 3. The van der Waals surface area contributed by atoms with Crippen LogP contribution in [0.25, 0.3) is 0 Å². The monoisotopic (exact) mass is 286 g/mol. The van der Waals surface area contributed by atoms with Crippen molar-refractivity contribution in [2.75, 3.05) is 18.0 Å². The first-order valence-corrected chi connectivity index (χ1v) is 6.72. The lowest BCUT2D eigenvalue weighted by molar-refractivity contribution is -0.384. The smallest absolute Gasteiger partial charge is 0.311 e. The number of pyridine rings is 1. The molecule has 0 spiro atoms. The van der Waals surface area contributed by atoms with Crippen LogP contribution < -0.4 is 10.6 Å². The molecule has 1 aromatic carbocycles. The molecule has 0 radical (unpaired) electrons. The number of hydrogen-bond acceptors (Lipinski definition) is 5. The Morgan fingerprint density at radius 1 is 1.33 bits per heavy atom. The molecule has 6 heteroatoms. The summed E-state index contributed by atoms with van der Waals surface area (Å²) in [6.07, 6.45) is 1.64. The molecule has 21 heavy (non-hydrogen) atoms. The highest BCUT2D eigenvalue weighted by atomic mass is 16.6. The molecule has 6 nitrogen and oxygen atoms in total. The van der Waals surface area contributed by atoms with Gasteiger partial charge in [0.2, 0.25) is 5.82 Å². The predicted molar refractivity (Wildman–Crippen MR) is 82.2 cm³/mol. The predicted octanol–water partition coefficient (Wildman–Crippen LogP) is 2.26. The SMILES string of the molecule is Cc1cnc(N(CCN)Cc2ccccc2)c([N+](=O)[O-])c1. The standard InChI is InChI=1S/C15H18N4O2/c1-12-9-14(19(20)21)15(17-10-12)18(8-7-16)11-13-5-3-2-4-6-13/h2-6,9-10H,7-8,11,16H2,1H3. The topological polar surface area (TPSA) is 85.3 Å². The van der Waals surface area contributed by atoms with Crippen LogP contribution in [0, 0.1) is 17.0 Å². The van der Waals surface area contributed by atoms with Crippen molar-refractivity contribution in [2.45, 2.75) is 13.5 Å². The minimum atomic E-state index is -0.399. The lowest BCUT2D eigenvalue weighted by atomic mass is 10.2. The fourth-order valence-corrected chi connectivity index (χ4v) is 2.14. The summed E-state index contributed by atoms with van der Waals surface area (Å²) in [4.78, 5) is 16.9. The number of benzene rings is 1. The molecule has 0 amide bonds. The normalized spacial score (nSPS) is 10.4. The van der Waals surface area contributed by atoms with Gasteiger partial charge < -0.3 is 10.6 Å². The highest BCUT2D eigenvalue weighted by Gasteiger charge is 2.21. The summed E-state index contributed by atoms with van der Waals surface area (Å²) in [6, 6.07) is 11.3. The van der Waals surface area contributed by atoms with Crippen LogP contribution >= 0.6 is 0 Å². The number of aromatic nitrogens is 1. The maximum atomic E-state index is 11.2. The Balaban J connectivity index is 2.36. The van der Waals surface area contributed by atoms with Crippen molar-refractivity contribution in [1.82, 2.24) is 4.98 Å². The van der Waals surface area contributed by atoms with Crippen molar-refractivity contribution in [3.63, 3.8) is 0 Å². The first-order chi connectivity index (χ1) is 10.1. The third-order valence-corrected chi connectivity index (χ3v) is 3.10. The molecule has 0 aliphatic heterocycles. The van der Waals surface area contributed by atoms with E-state index in [1.54, 1.807) is 13.1 Å². The first-order valence-electron chi connectivity index (χ1n) is 6.72. The third-order valence-electron chi connectivity index (χ3n) is 3.10. The van der Waals surface area contributed by atoms with E-state index in [9.17, 15) is 10.1 Å². The lowest BCUT2D eigenvalue weighted by Gasteiger charge is -2.23. The number of nitro groups is 1. The summed E-state index contributed by atoms with van der Waals surface area (Å²) < 4.78 is 0. The first kappa shape index (κ1) is 14.9. The van der Waals surface area contributed by atoms with Crippen LogP contribution in [0.5, 0.6) is 0 Å². The van der Waals surface area contributed by atoms with E-state index in [-0.39, 0.29) is 5.69 Å². The molecule has 110 valence electrons. The van der Waals surface area contributed by atoms with Crippen LogP contribution in [0.15, 0.2) is 42.6 Å². The van der Waals surface area contributed by atoms with Crippen molar-refractivity contribution in [3.05, 3.63) is 63.8 Å². The van der Waals surface area contributed by atoms with Gasteiger partial charge in [0.25, 0.3) is 0 Å². The van der Waals surface area contributed by atoms with Gasteiger partial charge in [0.05, 0.1) is 4.92 Å². The van der Waals surface area contributed by atoms with Crippen molar-refractivity contribution in [2.24, 2.45) is 5.73 Å². The van der Waals surface area contributed by atoms with E-state index in [1.165, 1.54) is 6.07 Å². The lowest BCUT2D eigenvalue weighted by Crippen LogP contribution is -2.30. The van der Waals surface area contributed by atoms with E-state index >= 15 is 0 Å². The maximum absolute atomic E-state index is 11.2. The van der Waals surface area contributed by atoms with Gasteiger partial charge in [0.1, 0.15) is 0 Å². The second kappa shape index (κ2) is 6.81. The Kier molecular flexibility index (Phi) is 4.84. The van der Waals surface area contributed by atoms with Crippen LogP contribution in [0.3, 0.4) is 0 Å². The molecular weight excluding hydrogens is 268 g/mol. The molecule has 0 saturated heterocycles. The molecule has 1 heterocycles. The van der Waals surface area contributed by atoms with Crippen LogP contribution in [-0.4, -0.2) is 23.0 Å². The third kappa shape index (κ3) is 3.76. The zero-order valence-corrected chi connectivity index (χ0v) is 11.9. The Bertz CT molecular complexity index is 616. The average molecular weight is 286 g/mol. The molecule has 0 atom stereocenters. The molecule has 2 N–H and O–H groups in total. The van der Waals surface area contributed by atoms with Crippen molar-refractivity contribution >= 4 is 11.5 Å². The molecule has 0 aliphatic carbocycles. The molecule has 2 rings (SSSR count). The Labute approximate surface area is 123 Å². The van der Waals surface area contributed by atoms with Gasteiger partial charge in [-0.15, -0.1) is 0 Å². The van der Waals surface area contributed by atoms with Crippen molar-refractivity contribution < 1.29 is 4.92 Å². The van der Waals surface area contributed by atoms with E-state index in [2.05, 4.69) is 4.98 Å². The van der Waals surface area contributed by atoms with E-state index in [0.717, 1.165) is 11.1 Å². The number of aryl methyl sites for hydroxylation is 1. The Morgan fingerprint density at radius 3 is 2.67 bits per heavy atom. The van der Waals surface area contributed by atoms with E-state index in [1.807, 2.05) is 35.2 Å². The van der Waals surface area contributed by atoms with Gasteiger partial charge in [-0.2, -0.15) is 0 Å². The summed E-state index contributed by atoms with van der Waals surface area (Å²) >= 11 is 0. The fraction of sp³-hybridized carbons (Fsp3) is 0.267. The summed E-state index contributed by atoms with van der Waals surface area (Å²) in [7, 11) is 0. The minimum Gasteiger partial charge on any atom is -0.345 e. The van der Waals surface area contributed by atoms with Crippen LogP contribution in [0.4, 0.5) is 11.5 Å². The van der Waals surface area contributed by atoms with Gasteiger partial charge in [0.15, 0.2) is 0 Å². The second-order valence-electron chi connectivity index (χ2n) is 4.81.